The molecule has 0 fully saturated rings. The quantitative estimate of drug-likeness (QED) is 0.607. The van der Waals surface area contributed by atoms with Crippen LogP contribution in [0.4, 0.5) is 8.78 Å². The molecule has 0 N–H and O–H groups in total. The molecule has 0 unspecified atom stereocenters. The summed E-state index contributed by atoms with van der Waals surface area (Å²) >= 11 is 4.33. The monoisotopic (exact) mass is 308 g/mol. The number of thioether (sulfide) groups is 1. The first kappa shape index (κ1) is 13.6. The van der Waals surface area contributed by atoms with Gasteiger partial charge in [0.2, 0.25) is 0 Å². The summed E-state index contributed by atoms with van der Waals surface area (Å²) in [6.45, 7) is 0. The van der Waals surface area contributed by atoms with Gasteiger partial charge in [-0.05, 0) is 24.0 Å². The van der Waals surface area contributed by atoms with Gasteiger partial charge in [0, 0.05) is 16.9 Å². The summed E-state index contributed by atoms with van der Waals surface area (Å²) in [5.41, 5.74) is 0.643. The van der Waals surface area contributed by atoms with Gasteiger partial charge in [-0.1, -0.05) is 22.0 Å². The Morgan fingerprint density at radius 3 is 2.69 bits per heavy atom. The van der Waals surface area contributed by atoms with Gasteiger partial charge in [-0.3, -0.25) is 4.79 Å². The minimum atomic E-state index is -2.50. The second-order valence-electron chi connectivity index (χ2n) is 3.23. The first-order chi connectivity index (χ1) is 7.58. The topological polar surface area (TPSA) is 17.1 Å². The van der Waals surface area contributed by atoms with E-state index in [0.29, 0.717) is 10.5 Å². The average Bonchev–Trinajstić information content (AvgIpc) is 2.28. The van der Waals surface area contributed by atoms with Gasteiger partial charge in [0.1, 0.15) is 5.78 Å². The fourth-order valence-corrected chi connectivity index (χ4v) is 2.13. The smallest absolute Gasteiger partial charge is 0.264 e. The third-order valence-corrected chi connectivity index (χ3v) is 3.52. The Morgan fingerprint density at radius 2 is 2.19 bits per heavy atom. The molecule has 0 aliphatic heterocycles. The number of alkyl halides is 3. The number of Topliss-reactive ketones (excluding diaryl/α,β-unsaturated/α-hetero) is 1. The van der Waals surface area contributed by atoms with Gasteiger partial charge in [0.25, 0.3) is 6.43 Å². The number of hydrogen-bond acceptors (Lipinski definition) is 2. The predicted octanol–water partition coefficient (Wildman–Crippen LogP) is 3.85. The number of carbonyl (C=O) groups is 1. The van der Waals surface area contributed by atoms with E-state index in [1.807, 2.05) is 0 Å². The first-order valence-corrected chi connectivity index (χ1v) is 6.95. The summed E-state index contributed by atoms with van der Waals surface area (Å²) in [6, 6.07) is 4.78. The van der Waals surface area contributed by atoms with Crippen molar-refractivity contribution >= 4 is 33.5 Å². The zero-order chi connectivity index (χ0) is 12.1. The summed E-state index contributed by atoms with van der Waals surface area (Å²) in [4.78, 5) is 11.7. The van der Waals surface area contributed by atoms with Crippen molar-refractivity contribution in [3.63, 3.8) is 0 Å². The SMILES string of the molecule is CSc1ccc(CC(=O)CBr)cc1C(F)F. The lowest BCUT2D eigenvalue weighted by Crippen LogP contribution is -2.04. The van der Waals surface area contributed by atoms with Crippen molar-refractivity contribution in [2.24, 2.45) is 0 Å². The summed E-state index contributed by atoms with van der Waals surface area (Å²) < 4.78 is 25.4. The van der Waals surface area contributed by atoms with Crippen LogP contribution < -0.4 is 0 Å². The molecule has 0 bridgehead atoms. The normalized spacial score (nSPS) is 10.8. The summed E-state index contributed by atoms with van der Waals surface area (Å²) in [6.07, 6.45) is -0.550. The van der Waals surface area contributed by atoms with E-state index in [-0.39, 0.29) is 23.1 Å². The maximum absolute atomic E-state index is 12.7. The molecule has 1 aromatic carbocycles. The third kappa shape index (κ3) is 3.56. The lowest BCUT2D eigenvalue weighted by molar-refractivity contribution is -0.115. The largest absolute Gasteiger partial charge is 0.298 e. The minimum Gasteiger partial charge on any atom is -0.298 e. The molecule has 1 rings (SSSR count). The molecule has 0 radical (unpaired) electrons. The van der Waals surface area contributed by atoms with Crippen LogP contribution >= 0.6 is 27.7 Å². The van der Waals surface area contributed by atoms with E-state index in [0.717, 1.165) is 0 Å². The van der Waals surface area contributed by atoms with E-state index in [2.05, 4.69) is 15.9 Å². The molecule has 0 saturated heterocycles. The Kier molecular flexibility index (Phi) is 5.41. The molecule has 88 valence electrons. The fourth-order valence-electron chi connectivity index (χ4n) is 1.34. The molecule has 0 aliphatic rings. The number of rotatable bonds is 5. The highest BCUT2D eigenvalue weighted by atomic mass is 79.9. The average molecular weight is 309 g/mol. The van der Waals surface area contributed by atoms with Gasteiger partial charge in [-0.25, -0.2) is 8.78 Å². The summed E-state index contributed by atoms with van der Waals surface area (Å²) in [7, 11) is 0. The Hall–Kier alpha value is -0.420. The third-order valence-electron chi connectivity index (χ3n) is 2.08. The molecule has 0 saturated carbocycles. The van der Waals surface area contributed by atoms with Crippen LogP contribution in [-0.4, -0.2) is 17.4 Å². The summed E-state index contributed by atoms with van der Waals surface area (Å²) in [5.74, 6) is -0.0166. The van der Waals surface area contributed by atoms with Crippen molar-refractivity contribution in [2.45, 2.75) is 17.7 Å². The Balaban J connectivity index is 2.97. The molecule has 0 amide bonds. The fraction of sp³-hybridized carbons (Fsp3) is 0.364. The highest BCUT2D eigenvalue weighted by Gasteiger charge is 2.14. The van der Waals surface area contributed by atoms with Gasteiger partial charge in [0.15, 0.2) is 0 Å². The lowest BCUT2D eigenvalue weighted by atomic mass is 10.1. The van der Waals surface area contributed by atoms with Crippen molar-refractivity contribution in [1.82, 2.24) is 0 Å². The molecule has 16 heavy (non-hydrogen) atoms. The van der Waals surface area contributed by atoms with Crippen LogP contribution in [0.1, 0.15) is 17.6 Å². The van der Waals surface area contributed by atoms with Gasteiger partial charge < -0.3 is 0 Å². The molecule has 0 aromatic heterocycles. The number of hydrogen-bond donors (Lipinski definition) is 0. The maximum atomic E-state index is 12.7. The standard InChI is InChI=1S/C11H11BrF2OS/c1-16-10-3-2-7(4-8(15)6-12)5-9(10)11(13)14/h2-3,5,11H,4,6H2,1H3. The molecule has 0 heterocycles. The van der Waals surface area contributed by atoms with E-state index in [4.69, 9.17) is 0 Å². The summed E-state index contributed by atoms with van der Waals surface area (Å²) in [5, 5.41) is 0.251. The molecule has 1 nitrogen and oxygen atoms in total. The van der Waals surface area contributed by atoms with Crippen molar-refractivity contribution in [3.05, 3.63) is 29.3 Å². The molecular formula is C11H11BrF2OS. The first-order valence-electron chi connectivity index (χ1n) is 4.61. The van der Waals surface area contributed by atoms with Crippen molar-refractivity contribution in [1.29, 1.82) is 0 Å². The molecule has 0 aliphatic carbocycles. The number of ketones is 1. The van der Waals surface area contributed by atoms with Gasteiger partial charge in [-0.15, -0.1) is 11.8 Å². The van der Waals surface area contributed by atoms with Crippen LogP contribution in [0.3, 0.4) is 0 Å². The zero-order valence-corrected chi connectivity index (χ0v) is 11.1. The van der Waals surface area contributed by atoms with Crippen molar-refractivity contribution < 1.29 is 13.6 Å². The van der Waals surface area contributed by atoms with Crippen LogP contribution in [0.15, 0.2) is 23.1 Å². The Bertz CT molecular complexity index is 382. The minimum absolute atomic E-state index is 0.00683. The number of halogens is 3. The van der Waals surface area contributed by atoms with Crippen LogP contribution in [0.2, 0.25) is 0 Å². The van der Waals surface area contributed by atoms with Gasteiger partial charge in [-0.2, -0.15) is 0 Å². The van der Waals surface area contributed by atoms with Crippen molar-refractivity contribution in [3.8, 4) is 0 Å². The van der Waals surface area contributed by atoms with E-state index in [1.54, 1.807) is 18.4 Å². The maximum Gasteiger partial charge on any atom is 0.264 e. The molecule has 0 spiro atoms. The number of carbonyl (C=O) groups excluding carboxylic acids is 1. The Morgan fingerprint density at radius 1 is 1.50 bits per heavy atom. The van der Waals surface area contributed by atoms with E-state index < -0.39 is 6.43 Å². The van der Waals surface area contributed by atoms with Crippen LogP contribution in [0.5, 0.6) is 0 Å². The predicted molar refractivity (Wildman–Crippen MR) is 65.7 cm³/mol. The zero-order valence-electron chi connectivity index (χ0n) is 8.67. The van der Waals surface area contributed by atoms with E-state index in [1.165, 1.54) is 17.8 Å². The van der Waals surface area contributed by atoms with Crippen molar-refractivity contribution in [2.75, 3.05) is 11.6 Å². The second-order valence-corrected chi connectivity index (χ2v) is 4.63. The molecule has 5 heteroatoms. The molecular weight excluding hydrogens is 298 g/mol. The van der Waals surface area contributed by atoms with Crippen LogP contribution in [0.25, 0.3) is 0 Å². The molecule has 1 aromatic rings. The lowest BCUT2D eigenvalue weighted by Gasteiger charge is -2.08. The van der Waals surface area contributed by atoms with E-state index in [9.17, 15) is 13.6 Å². The van der Waals surface area contributed by atoms with Gasteiger partial charge >= 0.3 is 0 Å². The number of benzene rings is 1. The second kappa shape index (κ2) is 6.35. The molecule has 0 atom stereocenters. The van der Waals surface area contributed by atoms with Gasteiger partial charge in [0.05, 0.1) is 5.33 Å². The van der Waals surface area contributed by atoms with Crippen LogP contribution in [0, 0.1) is 0 Å². The highest BCUT2D eigenvalue weighted by Crippen LogP contribution is 2.30. The van der Waals surface area contributed by atoms with Crippen LogP contribution in [-0.2, 0) is 11.2 Å². The highest BCUT2D eigenvalue weighted by molar-refractivity contribution is 9.09. The Labute approximate surface area is 106 Å². The van der Waals surface area contributed by atoms with E-state index >= 15 is 0 Å².